The predicted octanol–water partition coefficient (Wildman–Crippen LogP) is 5.05. The third-order valence-corrected chi connectivity index (χ3v) is 5.43. The maximum absolute atomic E-state index is 6.41. The number of aromatic nitrogens is 1. The van der Waals surface area contributed by atoms with Crippen LogP contribution in [0.2, 0.25) is 5.02 Å². The standard InChI is InChI=1S/C16H20ClNO2S/c1-16(2,3)15-18-12-5-4-11(17)14(13(12)20-15)21-10-6-8-19-9-7-10/h4-5,10H,6-9H2,1-3H3. The lowest BCUT2D eigenvalue weighted by molar-refractivity contribution is 0.100. The highest BCUT2D eigenvalue weighted by atomic mass is 35.5. The fourth-order valence-electron chi connectivity index (χ4n) is 2.33. The van der Waals surface area contributed by atoms with E-state index in [2.05, 4.69) is 25.8 Å². The minimum Gasteiger partial charge on any atom is -0.439 e. The summed E-state index contributed by atoms with van der Waals surface area (Å²) in [6.45, 7) is 7.96. The number of hydrogen-bond acceptors (Lipinski definition) is 4. The summed E-state index contributed by atoms with van der Waals surface area (Å²) in [6, 6.07) is 3.85. The highest BCUT2D eigenvalue weighted by molar-refractivity contribution is 8.00. The van der Waals surface area contributed by atoms with Crippen LogP contribution in [0.4, 0.5) is 0 Å². The summed E-state index contributed by atoms with van der Waals surface area (Å²) in [5.41, 5.74) is 1.61. The summed E-state index contributed by atoms with van der Waals surface area (Å²) in [5, 5.41) is 1.28. The molecule has 1 aromatic heterocycles. The number of halogens is 1. The Kier molecular flexibility index (Phi) is 4.21. The van der Waals surface area contributed by atoms with Gasteiger partial charge in [-0.05, 0) is 25.0 Å². The molecule has 0 unspecified atom stereocenters. The lowest BCUT2D eigenvalue weighted by atomic mass is 9.97. The van der Waals surface area contributed by atoms with Gasteiger partial charge in [0, 0.05) is 23.9 Å². The Balaban J connectivity index is 1.99. The van der Waals surface area contributed by atoms with Crippen LogP contribution in [0, 0.1) is 0 Å². The molecule has 114 valence electrons. The molecule has 2 heterocycles. The zero-order chi connectivity index (χ0) is 15.0. The van der Waals surface area contributed by atoms with Crippen molar-refractivity contribution in [1.82, 2.24) is 4.98 Å². The summed E-state index contributed by atoms with van der Waals surface area (Å²) < 4.78 is 11.5. The van der Waals surface area contributed by atoms with Crippen molar-refractivity contribution < 1.29 is 9.15 Å². The summed E-state index contributed by atoms with van der Waals surface area (Å²) >= 11 is 8.21. The number of thioether (sulfide) groups is 1. The average molecular weight is 326 g/mol. The van der Waals surface area contributed by atoms with Crippen LogP contribution in [0.3, 0.4) is 0 Å². The Morgan fingerprint density at radius 2 is 1.95 bits per heavy atom. The van der Waals surface area contributed by atoms with Crippen LogP contribution >= 0.6 is 23.4 Å². The van der Waals surface area contributed by atoms with Gasteiger partial charge < -0.3 is 9.15 Å². The smallest absolute Gasteiger partial charge is 0.200 e. The maximum Gasteiger partial charge on any atom is 0.200 e. The van der Waals surface area contributed by atoms with Crippen LogP contribution in [0.15, 0.2) is 21.4 Å². The molecule has 1 aliphatic heterocycles. The van der Waals surface area contributed by atoms with Gasteiger partial charge in [0.1, 0.15) is 5.52 Å². The molecule has 1 saturated heterocycles. The zero-order valence-electron chi connectivity index (χ0n) is 12.6. The lowest BCUT2D eigenvalue weighted by Gasteiger charge is -2.21. The van der Waals surface area contributed by atoms with Crippen LogP contribution in [0.5, 0.6) is 0 Å². The molecule has 0 aliphatic carbocycles. The molecular formula is C16H20ClNO2S. The molecule has 0 radical (unpaired) electrons. The normalized spacial score (nSPS) is 17.5. The monoisotopic (exact) mass is 325 g/mol. The van der Waals surface area contributed by atoms with Crippen LogP contribution in [0.25, 0.3) is 11.1 Å². The van der Waals surface area contributed by atoms with Crippen molar-refractivity contribution in [2.24, 2.45) is 0 Å². The van der Waals surface area contributed by atoms with E-state index in [9.17, 15) is 0 Å². The Hall–Kier alpha value is -0.710. The first-order valence-electron chi connectivity index (χ1n) is 7.29. The largest absolute Gasteiger partial charge is 0.439 e. The number of ether oxygens (including phenoxy) is 1. The van der Waals surface area contributed by atoms with Crippen molar-refractivity contribution in [3.63, 3.8) is 0 Å². The van der Waals surface area contributed by atoms with E-state index in [0.29, 0.717) is 5.25 Å². The second-order valence-electron chi connectivity index (χ2n) is 6.42. The Labute approximate surface area is 134 Å². The van der Waals surface area contributed by atoms with Gasteiger partial charge in [-0.1, -0.05) is 32.4 Å². The van der Waals surface area contributed by atoms with Crippen molar-refractivity contribution in [1.29, 1.82) is 0 Å². The molecule has 3 nitrogen and oxygen atoms in total. The molecule has 21 heavy (non-hydrogen) atoms. The van der Waals surface area contributed by atoms with Gasteiger partial charge in [-0.3, -0.25) is 0 Å². The first-order chi connectivity index (χ1) is 9.95. The number of benzene rings is 1. The van der Waals surface area contributed by atoms with E-state index in [-0.39, 0.29) is 5.41 Å². The number of nitrogens with zero attached hydrogens (tertiary/aromatic N) is 1. The van der Waals surface area contributed by atoms with Gasteiger partial charge in [0.25, 0.3) is 0 Å². The fourth-order valence-corrected chi connectivity index (χ4v) is 3.81. The summed E-state index contributed by atoms with van der Waals surface area (Å²) in [5.74, 6) is 0.758. The molecule has 5 heteroatoms. The maximum atomic E-state index is 6.41. The quantitative estimate of drug-likeness (QED) is 0.774. The van der Waals surface area contributed by atoms with Crippen LogP contribution < -0.4 is 0 Å². The molecule has 1 fully saturated rings. The number of hydrogen-bond donors (Lipinski definition) is 0. The predicted molar refractivity (Wildman–Crippen MR) is 87.4 cm³/mol. The number of fused-ring (bicyclic) bond motifs is 1. The number of oxazole rings is 1. The van der Waals surface area contributed by atoms with E-state index >= 15 is 0 Å². The van der Waals surface area contributed by atoms with Gasteiger partial charge in [0.2, 0.25) is 5.89 Å². The summed E-state index contributed by atoms with van der Waals surface area (Å²) in [6.07, 6.45) is 2.11. The molecule has 0 N–H and O–H groups in total. The van der Waals surface area contributed by atoms with Gasteiger partial charge >= 0.3 is 0 Å². The van der Waals surface area contributed by atoms with Gasteiger partial charge in [-0.2, -0.15) is 0 Å². The Bertz CT molecular complexity index is 641. The van der Waals surface area contributed by atoms with Crippen molar-refractivity contribution in [3.8, 4) is 0 Å². The van der Waals surface area contributed by atoms with Gasteiger partial charge in [0.15, 0.2) is 5.58 Å². The topological polar surface area (TPSA) is 35.3 Å². The molecule has 2 aromatic rings. The highest BCUT2D eigenvalue weighted by Crippen LogP contribution is 2.40. The SMILES string of the molecule is CC(C)(C)c1nc2ccc(Cl)c(SC3CCOCC3)c2o1. The average Bonchev–Trinajstić information content (AvgIpc) is 2.88. The molecule has 0 atom stereocenters. The molecule has 0 saturated carbocycles. The third kappa shape index (κ3) is 3.22. The fraction of sp³-hybridized carbons (Fsp3) is 0.562. The van der Waals surface area contributed by atoms with Crippen molar-refractivity contribution in [2.75, 3.05) is 13.2 Å². The molecule has 1 aromatic carbocycles. The third-order valence-electron chi connectivity index (χ3n) is 3.56. The molecule has 0 bridgehead atoms. The second-order valence-corrected chi connectivity index (χ2v) is 8.14. The van der Waals surface area contributed by atoms with E-state index in [1.807, 2.05) is 12.1 Å². The van der Waals surface area contributed by atoms with Crippen LogP contribution in [-0.2, 0) is 10.2 Å². The Morgan fingerprint density at radius 1 is 1.24 bits per heavy atom. The molecular weight excluding hydrogens is 306 g/mol. The highest BCUT2D eigenvalue weighted by Gasteiger charge is 2.24. The minimum absolute atomic E-state index is 0.105. The zero-order valence-corrected chi connectivity index (χ0v) is 14.2. The Morgan fingerprint density at radius 3 is 2.62 bits per heavy atom. The first-order valence-corrected chi connectivity index (χ1v) is 8.55. The lowest BCUT2D eigenvalue weighted by Crippen LogP contribution is -2.17. The van der Waals surface area contributed by atoms with E-state index in [1.165, 1.54) is 0 Å². The van der Waals surface area contributed by atoms with Crippen LogP contribution in [-0.4, -0.2) is 23.4 Å². The molecule has 0 spiro atoms. The van der Waals surface area contributed by atoms with Gasteiger partial charge in [0.05, 0.1) is 9.92 Å². The van der Waals surface area contributed by atoms with Gasteiger partial charge in [-0.15, -0.1) is 11.8 Å². The van der Waals surface area contributed by atoms with Crippen molar-refractivity contribution >= 4 is 34.5 Å². The first kappa shape index (κ1) is 15.2. The minimum atomic E-state index is -0.105. The molecule has 0 amide bonds. The molecule has 1 aliphatic rings. The van der Waals surface area contributed by atoms with Crippen LogP contribution in [0.1, 0.15) is 39.5 Å². The van der Waals surface area contributed by atoms with E-state index < -0.39 is 0 Å². The second kappa shape index (κ2) is 5.82. The van der Waals surface area contributed by atoms with Crippen molar-refractivity contribution in [2.45, 2.75) is 49.2 Å². The van der Waals surface area contributed by atoms with E-state index in [0.717, 1.165) is 53.0 Å². The summed E-state index contributed by atoms with van der Waals surface area (Å²) in [7, 11) is 0. The van der Waals surface area contributed by atoms with E-state index in [4.69, 9.17) is 20.8 Å². The number of rotatable bonds is 2. The van der Waals surface area contributed by atoms with Crippen molar-refractivity contribution in [3.05, 3.63) is 23.0 Å². The molecule has 3 rings (SSSR count). The summed E-state index contributed by atoms with van der Waals surface area (Å²) in [4.78, 5) is 5.63. The van der Waals surface area contributed by atoms with E-state index in [1.54, 1.807) is 11.8 Å². The van der Waals surface area contributed by atoms with Gasteiger partial charge in [-0.25, -0.2) is 4.98 Å².